The second kappa shape index (κ2) is 4.78. The minimum Gasteiger partial charge on any atom is -0.381 e. The van der Waals surface area contributed by atoms with Crippen LogP contribution in [-0.2, 0) is 0 Å². The summed E-state index contributed by atoms with van der Waals surface area (Å²) in [6, 6.07) is 2.58. The number of nitrogens with zero attached hydrogens (tertiary/aromatic N) is 1. The van der Waals surface area contributed by atoms with Gasteiger partial charge in [0, 0.05) is 6.04 Å². The molecule has 0 aromatic carbocycles. The number of halogens is 1. The molecule has 0 amide bonds. The van der Waals surface area contributed by atoms with Crippen molar-refractivity contribution in [1.29, 1.82) is 0 Å². The number of anilines is 1. The quantitative estimate of drug-likeness (QED) is 0.837. The van der Waals surface area contributed by atoms with E-state index in [-0.39, 0.29) is 0 Å². The van der Waals surface area contributed by atoms with Gasteiger partial charge >= 0.3 is 0 Å². The predicted octanol–water partition coefficient (Wildman–Crippen LogP) is 3.61. The Morgan fingerprint density at radius 3 is 2.50 bits per heavy atom. The topological polar surface area (TPSA) is 24.9 Å². The van der Waals surface area contributed by atoms with Crippen LogP contribution in [-0.4, -0.2) is 11.0 Å². The van der Waals surface area contributed by atoms with Crippen LogP contribution in [0.4, 0.5) is 5.69 Å². The molecule has 1 heterocycles. The second-order valence-electron chi connectivity index (χ2n) is 4.01. The molecule has 3 heteroatoms. The lowest BCUT2D eigenvalue weighted by atomic mass is 10.1. The van der Waals surface area contributed by atoms with E-state index in [9.17, 15) is 0 Å². The average Bonchev–Trinajstić information content (AvgIpc) is 2.11. The molecule has 1 atom stereocenters. The molecule has 1 N–H and O–H groups in total. The van der Waals surface area contributed by atoms with E-state index >= 15 is 0 Å². The fourth-order valence-corrected chi connectivity index (χ4v) is 1.28. The first-order valence-electron chi connectivity index (χ1n) is 4.89. The third kappa shape index (κ3) is 2.98. The Bertz CT molecular complexity index is 310. The van der Waals surface area contributed by atoms with Crippen molar-refractivity contribution in [3.05, 3.63) is 22.4 Å². The fraction of sp³-hybridized carbons (Fsp3) is 0.545. The lowest BCUT2D eigenvalue weighted by molar-refractivity contribution is 0.560. The molecule has 0 saturated heterocycles. The van der Waals surface area contributed by atoms with Gasteiger partial charge in [0.25, 0.3) is 0 Å². The summed E-state index contributed by atoms with van der Waals surface area (Å²) in [5, 5.41) is 3.43. The first-order valence-corrected chi connectivity index (χ1v) is 5.68. The molecule has 14 heavy (non-hydrogen) atoms. The number of pyridine rings is 1. The number of hydrogen-bond donors (Lipinski definition) is 1. The van der Waals surface area contributed by atoms with Crippen molar-refractivity contribution in [3.8, 4) is 0 Å². The van der Waals surface area contributed by atoms with Crippen LogP contribution in [0.2, 0.25) is 0 Å². The molecule has 2 nitrogen and oxygen atoms in total. The van der Waals surface area contributed by atoms with Crippen molar-refractivity contribution < 1.29 is 0 Å². The third-order valence-corrected chi connectivity index (χ3v) is 3.24. The maximum atomic E-state index is 4.25. The molecule has 0 aliphatic carbocycles. The Morgan fingerprint density at radius 2 is 2.00 bits per heavy atom. The standard InChI is InChI=1S/C11H17BrN2/c1-7(2)9(4)14-10-5-8(3)11(12)13-6-10/h5-7,9,14H,1-4H3. The van der Waals surface area contributed by atoms with Crippen LogP contribution in [0.5, 0.6) is 0 Å². The Labute approximate surface area is 94.3 Å². The highest BCUT2D eigenvalue weighted by Crippen LogP contribution is 2.18. The van der Waals surface area contributed by atoms with Crippen molar-refractivity contribution >= 4 is 21.6 Å². The van der Waals surface area contributed by atoms with Gasteiger partial charge in [0.05, 0.1) is 11.9 Å². The molecular formula is C11H17BrN2. The highest BCUT2D eigenvalue weighted by molar-refractivity contribution is 9.10. The van der Waals surface area contributed by atoms with Crippen LogP contribution in [0.25, 0.3) is 0 Å². The van der Waals surface area contributed by atoms with E-state index < -0.39 is 0 Å². The van der Waals surface area contributed by atoms with Crippen LogP contribution in [0.15, 0.2) is 16.9 Å². The molecule has 0 bridgehead atoms. The van der Waals surface area contributed by atoms with Gasteiger partial charge in [-0.15, -0.1) is 0 Å². The average molecular weight is 257 g/mol. The van der Waals surface area contributed by atoms with E-state index in [0.29, 0.717) is 12.0 Å². The molecule has 1 rings (SSSR count). The third-order valence-electron chi connectivity index (χ3n) is 2.41. The molecule has 0 fully saturated rings. The molecule has 0 aliphatic heterocycles. The minimum atomic E-state index is 0.470. The van der Waals surface area contributed by atoms with Crippen molar-refractivity contribution in [2.24, 2.45) is 5.92 Å². The normalized spacial score (nSPS) is 13.0. The van der Waals surface area contributed by atoms with E-state index in [2.05, 4.69) is 53.1 Å². The summed E-state index contributed by atoms with van der Waals surface area (Å²) in [6.07, 6.45) is 1.86. The maximum Gasteiger partial charge on any atom is 0.109 e. The lowest BCUT2D eigenvalue weighted by Crippen LogP contribution is -2.21. The van der Waals surface area contributed by atoms with Gasteiger partial charge in [-0.2, -0.15) is 0 Å². The van der Waals surface area contributed by atoms with Gasteiger partial charge in [-0.1, -0.05) is 13.8 Å². The van der Waals surface area contributed by atoms with E-state index in [0.717, 1.165) is 15.9 Å². The van der Waals surface area contributed by atoms with E-state index in [1.807, 2.05) is 13.1 Å². The van der Waals surface area contributed by atoms with Crippen molar-refractivity contribution in [2.45, 2.75) is 33.7 Å². The highest BCUT2D eigenvalue weighted by Gasteiger charge is 2.07. The van der Waals surface area contributed by atoms with Crippen LogP contribution < -0.4 is 5.32 Å². The Balaban J connectivity index is 2.73. The number of aryl methyl sites for hydroxylation is 1. The Morgan fingerprint density at radius 1 is 1.36 bits per heavy atom. The maximum absolute atomic E-state index is 4.25. The molecule has 0 radical (unpaired) electrons. The molecule has 0 saturated carbocycles. The van der Waals surface area contributed by atoms with E-state index in [1.54, 1.807) is 0 Å². The number of nitrogens with one attached hydrogen (secondary N) is 1. The van der Waals surface area contributed by atoms with Crippen molar-refractivity contribution in [3.63, 3.8) is 0 Å². The molecule has 1 aromatic rings. The zero-order valence-corrected chi connectivity index (χ0v) is 10.7. The summed E-state index contributed by atoms with van der Waals surface area (Å²) < 4.78 is 0.917. The number of rotatable bonds is 3. The van der Waals surface area contributed by atoms with E-state index in [4.69, 9.17) is 0 Å². The summed E-state index contributed by atoms with van der Waals surface area (Å²) in [4.78, 5) is 4.25. The summed E-state index contributed by atoms with van der Waals surface area (Å²) in [5.41, 5.74) is 2.25. The van der Waals surface area contributed by atoms with Gasteiger partial charge in [-0.25, -0.2) is 4.98 Å². The molecule has 0 aliphatic rings. The van der Waals surface area contributed by atoms with Crippen LogP contribution in [0.1, 0.15) is 26.3 Å². The largest absolute Gasteiger partial charge is 0.381 e. The highest BCUT2D eigenvalue weighted by atomic mass is 79.9. The molecule has 1 aromatic heterocycles. The van der Waals surface area contributed by atoms with Crippen LogP contribution in [0, 0.1) is 12.8 Å². The van der Waals surface area contributed by atoms with Crippen molar-refractivity contribution in [1.82, 2.24) is 4.98 Å². The summed E-state index contributed by atoms with van der Waals surface area (Å²) >= 11 is 3.39. The van der Waals surface area contributed by atoms with Gasteiger partial charge in [0.1, 0.15) is 4.60 Å². The zero-order chi connectivity index (χ0) is 10.7. The number of hydrogen-bond acceptors (Lipinski definition) is 2. The first-order chi connectivity index (χ1) is 6.50. The minimum absolute atomic E-state index is 0.470. The molecule has 0 spiro atoms. The molecular weight excluding hydrogens is 240 g/mol. The van der Waals surface area contributed by atoms with Gasteiger partial charge < -0.3 is 5.32 Å². The fourth-order valence-electron chi connectivity index (χ4n) is 1.07. The van der Waals surface area contributed by atoms with Gasteiger partial charge in [-0.3, -0.25) is 0 Å². The van der Waals surface area contributed by atoms with Gasteiger partial charge in [0.2, 0.25) is 0 Å². The lowest BCUT2D eigenvalue weighted by Gasteiger charge is -2.18. The predicted molar refractivity (Wildman–Crippen MR) is 64.6 cm³/mol. The molecule has 1 unspecified atom stereocenters. The second-order valence-corrected chi connectivity index (χ2v) is 4.76. The Hall–Kier alpha value is -0.570. The first kappa shape index (κ1) is 11.5. The van der Waals surface area contributed by atoms with Crippen LogP contribution >= 0.6 is 15.9 Å². The van der Waals surface area contributed by atoms with Gasteiger partial charge in [0.15, 0.2) is 0 Å². The monoisotopic (exact) mass is 256 g/mol. The Kier molecular flexibility index (Phi) is 3.93. The smallest absolute Gasteiger partial charge is 0.109 e. The number of aromatic nitrogens is 1. The van der Waals surface area contributed by atoms with Crippen LogP contribution in [0.3, 0.4) is 0 Å². The van der Waals surface area contributed by atoms with Crippen molar-refractivity contribution in [2.75, 3.05) is 5.32 Å². The zero-order valence-electron chi connectivity index (χ0n) is 9.13. The summed E-state index contributed by atoms with van der Waals surface area (Å²) in [7, 11) is 0. The van der Waals surface area contributed by atoms with E-state index in [1.165, 1.54) is 0 Å². The molecule has 78 valence electrons. The van der Waals surface area contributed by atoms with Gasteiger partial charge in [-0.05, 0) is 47.3 Å². The summed E-state index contributed by atoms with van der Waals surface area (Å²) in [6.45, 7) is 8.64. The summed E-state index contributed by atoms with van der Waals surface area (Å²) in [5.74, 6) is 0.624. The SMILES string of the molecule is Cc1cc(NC(C)C(C)C)cnc1Br.